The summed E-state index contributed by atoms with van der Waals surface area (Å²) < 4.78 is 5.24. The van der Waals surface area contributed by atoms with Gasteiger partial charge in [-0.2, -0.15) is 0 Å². The molecule has 2 aromatic rings. The summed E-state index contributed by atoms with van der Waals surface area (Å²) in [4.78, 5) is 27.5. The molecule has 144 valence electrons. The van der Waals surface area contributed by atoms with E-state index in [4.69, 9.17) is 16.3 Å². The zero-order chi connectivity index (χ0) is 19.8. The molecule has 0 radical (unpaired) electrons. The molecule has 5 nitrogen and oxygen atoms in total. The van der Waals surface area contributed by atoms with Crippen molar-refractivity contribution in [3.05, 3.63) is 59.1 Å². The number of hydrogen-bond donors (Lipinski definition) is 1. The standard InChI is InChI=1S/C20H23ClN2O3S/c1-14(20(25)22-2)23(12-15-5-4-6-17(11-15)26-3)19(24)13-27-18-9-7-16(21)8-10-18/h4-11,14H,12-13H2,1-3H3,(H,22,25)/t14-/m0/s1. The van der Waals surface area contributed by atoms with E-state index in [1.807, 2.05) is 36.4 Å². The van der Waals surface area contributed by atoms with Crippen molar-refractivity contribution in [3.8, 4) is 5.75 Å². The van der Waals surface area contributed by atoms with Gasteiger partial charge in [0, 0.05) is 23.5 Å². The number of likely N-dealkylation sites (N-methyl/N-ethyl adjacent to an activating group) is 1. The molecule has 7 heteroatoms. The van der Waals surface area contributed by atoms with Crippen LogP contribution in [0.3, 0.4) is 0 Å². The number of hydrogen-bond acceptors (Lipinski definition) is 4. The van der Waals surface area contributed by atoms with Gasteiger partial charge in [-0.15, -0.1) is 11.8 Å². The molecule has 0 aliphatic heterocycles. The maximum absolute atomic E-state index is 12.9. The average Bonchev–Trinajstić information content (AvgIpc) is 2.70. The zero-order valence-corrected chi connectivity index (χ0v) is 17.1. The number of carbonyl (C=O) groups excluding carboxylic acids is 2. The Labute approximate surface area is 169 Å². The Morgan fingerprint density at radius 2 is 1.93 bits per heavy atom. The van der Waals surface area contributed by atoms with Gasteiger partial charge in [0.2, 0.25) is 11.8 Å². The molecule has 0 spiro atoms. The Bertz CT molecular complexity index is 783. The van der Waals surface area contributed by atoms with E-state index in [1.54, 1.807) is 38.1 Å². The number of carbonyl (C=O) groups is 2. The van der Waals surface area contributed by atoms with E-state index in [1.165, 1.54) is 11.8 Å². The first-order chi connectivity index (χ1) is 12.9. The van der Waals surface area contributed by atoms with E-state index >= 15 is 0 Å². The predicted octanol–water partition coefficient (Wildman–Crippen LogP) is 3.60. The third-order valence-corrected chi connectivity index (χ3v) is 5.33. The normalized spacial score (nSPS) is 11.6. The van der Waals surface area contributed by atoms with E-state index in [0.717, 1.165) is 10.5 Å². The molecule has 0 fully saturated rings. The second kappa shape index (κ2) is 10.2. The molecule has 0 saturated carbocycles. The molecule has 0 saturated heterocycles. The minimum Gasteiger partial charge on any atom is -0.497 e. The van der Waals surface area contributed by atoms with Gasteiger partial charge in [-0.25, -0.2) is 0 Å². The first-order valence-electron chi connectivity index (χ1n) is 8.47. The lowest BCUT2D eigenvalue weighted by atomic mass is 10.1. The van der Waals surface area contributed by atoms with Crippen LogP contribution in [0.1, 0.15) is 12.5 Å². The van der Waals surface area contributed by atoms with Crippen LogP contribution in [0.15, 0.2) is 53.4 Å². The second-order valence-corrected chi connectivity index (χ2v) is 7.39. The van der Waals surface area contributed by atoms with E-state index < -0.39 is 6.04 Å². The van der Waals surface area contributed by atoms with Gasteiger partial charge in [0.1, 0.15) is 11.8 Å². The molecule has 0 aliphatic carbocycles. The van der Waals surface area contributed by atoms with Crippen LogP contribution < -0.4 is 10.1 Å². The third-order valence-electron chi connectivity index (χ3n) is 4.08. The van der Waals surface area contributed by atoms with Gasteiger partial charge in [-0.3, -0.25) is 9.59 Å². The molecule has 0 aliphatic rings. The number of nitrogens with one attached hydrogen (secondary N) is 1. The monoisotopic (exact) mass is 406 g/mol. The first kappa shape index (κ1) is 21.1. The second-order valence-electron chi connectivity index (χ2n) is 5.91. The lowest BCUT2D eigenvalue weighted by molar-refractivity contribution is -0.138. The SMILES string of the molecule is CNC(=O)[C@H](C)N(Cc1cccc(OC)c1)C(=O)CSc1ccc(Cl)cc1. The highest BCUT2D eigenvalue weighted by molar-refractivity contribution is 8.00. The molecule has 27 heavy (non-hydrogen) atoms. The number of benzene rings is 2. The summed E-state index contributed by atoms with van der Waals surface area (Å²) in [5, 5.41) is 3.26. The predicted molar refractivity (Wildman–Crippen MR) is 109 cm³/mol. The van der Waals surface area contributed by atoms with Gasteiger partial charge in [0.15, 0.2) is 0 Å². The van der Waals surface area contributed by atoms with E-state index in [9.17, 15) is 9.59 Å². The van der Waals surface area contributed by atoms with Crippen LogP contribution >= 0.6 is 23.4 Å². The van der Waals surface area contributed by atoms with Crippen molar-refractivity contribution in [2.45, 2.75) is 24.4 Å². The van der Waals surface area contributed by atoms with Crippen LogP contribution in [-0.2, 0) is 16.1 Å². The molecule has 0 unspecified atom stereocenters. The summed E-state index contributed by atoms with van der Waals surface area (Å²) in [6.45, 7) is 2.05. The number of halogens is 1. The Balaban J connectivity index is 2.13. The van der Waals surface area contributed by atoms with Crippen molar-refractivity contribution in [2.75, 3.05) is 19.9 Å². The van der Waals surface area contributed by atoms with Gasteiger partial charge >= 0.3 is 0 Å². The molecule has 2 amide bonds. The maximum Gasteiger partial charge on any atom is 0.242 e. The molecule has 2 aromatic carbocycles. The smallest absolute Gasteiger partial charge is 0.242 e. The minimum absolute atomic E-state index is 0.117. The lowest BCUT2D eigenvalue weighted by Crippen LogP contribution is -2.47. The van der Waals surface area contributed by atoms with Crippen molar-refractivity contribution in [2.24, 2.45) is 0 Å². The Kier molecular flexibility index (Phi) is 8.00. The topological polar surface area (TPSA) is 58.6 Å². The number of methoxy groups -OCH3 is 1. The van der Waals surface area contributed by atoms with Gasteiger partial charge in [0.05, 0.1) is 12.9 Å². The minimum atomic E-state index is -0.584. The van der Waals surface area contributed by atoms with Gasteiger partial charge in [-0.05, 0) is 48.9 Å². The summed E-state index contributed by atoms with van der Waals surface area (Å²) in [5.74, 6) is 0.618. The van der Waals surface area contributed by atoms with Crippen molar-refractivity contribution in [1.82, 2.24) is 10.2 Å². The Hall–Kier alpha value is -2.18. The number of amides is 2. The average molecular weight is 407 g/mol. The fourth-order valence-electron chi connectivity index (χ4n) is 2.52. The zero-order valence-electron chi connectivity index (χ0n) is 15.6. The van der Waals surface area contributed by atoms with E-state index in [0.29, 0.717) is 17.3 Å². The summed E-state index contributed by atoms with van der Waals surface area (Å²) in [6, 6.07) is 14.2. The highest BCUT2D eigenvalue weighted by Gasteiger charge is 2.25. The molecule has 0 bridgehead atoms. The number of rotatable bonds is 8. The number of nitrogens with zero attached hydrogens (tertiary/aromatic N) is 1. The third kappa shape index (κ3) is 6.19. The molecule has 0 aromatic heterocycles. The van der Waals surface area contributed by atoms with Crippen LogP contribution in [-0.4, -0.2) is 42.7 Å². The summed E-state index contributed by atoms with van der Waals surface area (Å²) in [5.41, 5.74) is 0.898. The molecule has 1 N–H and O–H groups in total. The highest BCUT2D eigenvalue weighted by Crippen LogP contribution is 2.22. The molecule has 0 heterocycles. The van der Waals surface area contributed by atoms with Crippen LogP contribution in [0.5, 0.6) is 5.75 Å². The van der Waals surface area contributed by atoms with Crippen LogP contribution in [0.4, 0.5) is 0 Å². The highest BCUT2D eigenvalue weighted by atomic mass is 35.5. The van der Waals surface area contributed by atoms with E-state index in [-0.39, 0.29) is 17.6 Å². The summed E-state index contributed by atoms with van der Waals surface area (Å²) >= 11 is 7.31. The van der Waals surface area contributed by atoms with Crippen molar-refractivity contribution >= 4 is 35.2 Å². The number of thioether (sulfide) groups is 1. The van der Waals surface area contributed by atoms with Gasteiger partial charge in [-0.1, -0.05) is 23.7 Å². The van der Waals surface area contributed by atoms with E-state index in [2.05, 4.69) is 5.32 Å². The number of ether oxygens (including phenoxy) is 1. The summed E-state index contributed by atoms with van der Waals surface area (Å²) in [7, 11) is 3.16. The van der Waals surface area contributed by atoms with Crippen LogP contribution in [0.2, 0.25) is 5.02 Å². The van der Waals surface area contributed by atoms with Gasteiger partial charge in [0.25, 0.3) is 0 Å². The van der Waals surface area contributed by atoms with Crippen LogP contribution in [0, 0.1) is 0 Å². The molecule has 2 rings (SSSR count). The van der Waals surface area contributed by atoms with Crippen molar-refractivity contribution in [3.63, 3.8) is 0 Å². The molecule has 1 atom stereocenters. The largest absolute Gasteiger partial charge is 0.497 e. The quantitative estimate of drug-likeness (QED) is 0.680. The van der Waals surface area contributed by atoms with Crippen molar-refractivity contribution < 1.29 is 14.3 Å². The fourth-order valence-corrected chi connectivity index (χ4v) is 3.43. The summed E-state index contributed by atoms with van der Waals surface area (Å²) in [6.07, 6.45) is 0. The first-order valence-corrected chi connectivity index (χ1v) is 9.83. The van der Waals surface area contributed by atoms with Crippen molar-refractivity contribution in [1.29, 1.82) is 0 Å². The maximum atomic E-state index is 12.9. The fraction of sp³-hybridized carbons (Fsp3) is 0.300. The Morgan fingerprint density at radius 1 is 1.22 bits per heavy atom. The Morgan fingerprint density at radius 3 is 2.56 bits per heavy atom. The molecular formula is C20H23ClN2O3S. The van der Waals surface area contributed by atoms with Crippen LogP contribution in [0.25, 0.3) is 0 Å². The molecular weight excluding hydrogens is 384 g/mol. The lowest BCUT2D eigenvalue weighted by Gasteiger charge is -2.28. The van der Waals surface area contributed by atoms with Gasteiger partial charge < -0.3 is 15.0 Å².